The van der Waals surface area contributed by atoms with Gasteiger partial charge in [-0.3, -0.25) is 9.59 Å². The molecule has 0 aliphatic carbocycles. The van der Waals surface area contributed by atoms with Crippen molar-refractivity contribution in [2.24, 2.45) is 0 Å². The van der Waals surface area contributed by atoms with Crippen LogP contribution in [0.1, 0.15) is 26.7 Å². The van der Waals surface area contributed by atoms with Crippen LogP contribution in [0.2, 0.25) is 0 Å². The Labute approximate surface area is 83.0 Å². The van der Waals surface area contributed by atoms with Gasteiger partial charge in [0.1, 0.15) is 0 Å². The minimum absolute atomic E-state index is 0.212. The van der Waals surface area contributed by atoms with E-state index in [0.29, 0.717) is 0 Å². The summed E-state index contributed by atoms with van der Waals surface area (Å²) in [5, 5.41) is 9.61. The highest BCUT2D eigenvalue weighted by atomic mass is 16.5. The fourth-order valence-corrected chi connectivity index (χ4v) is 0.969. The predicted molar refractivity (Wildman–Crippen MR) is 48.5 cm³/mol. The Bertz CT molecular complexity index is 209. The number of aliphatic hydroxyl groups is 1. The summed E-state index contributed by atoms with van der Waals surface area (Å²) in [5.41, 5.74) is -1.40. The predicted octanol–water partition coefficient (Wildman–Crippen LogP) is 0.254. The molecule has 1 atom stereocenters. The van der Waals surface area contributed by atoms with E-state index in [4.69, 9.17) is 0 Å². The van der Waals surface area contributed by atoms with Crippen LogP contribution in [0.15, 0.2) is 0 Å². The number of hydrogen-bond donors (Lipinski definition) is 1. The zero-order valence-electron chi connectivity index (χ0n) is 8.70. The third-order valence-electron chi connectivity index (χ3n) is 1.58. The molecule has 0 aliphatic heterocycles. The molecule has 1 N–H and O–H groups in total. The third kappa shape index (κ3) is 5.53. The molecule has 1 unspecified atom stereocenters. The van der Waals surface area contributed by atoms with Crippen LogP contribution in [0.5, 0.6) is 0 Å². The first-order valence-electron chi connectivity index (χ1n) is 4.36. The number of ether oxygens (including phenoxy) is 2. The second kappa shape index (κ2) is 5.59. The van der Waals surface area contributed by atoms with Gasteiger partial charge < -0.3 is 14.6 Å². The van der Waals surface area contributed by atoms with Gasteiger partial charge in [0, 0.05) is 0 Å². The maximum Gasteiger partial charge on any atom is 0.308 e. The first kappa shape index (κ1) is 12.9. The molecule has 0 fully saturated rings. The smallest absolute Gasteiger partial charge is 0.308 e. The van der Waals surface area contributed by atoms with Crippen molar-refractivity contribution < 1.29 is 24.2 Å². The van der Waals surface area contributed by atoms with Gasteiger partial charge >= 0.3 is 11.9 Å². The average molecular weight is 204 g/mol. The Hall–Kier alpha value is -1.10. The first-order valence-corrected chi connectivity index (χ1v) is 4.36. The summed E-state index contributed by atoms with van der Waals surface area (Å²) in [7, 11) is 1.22. The minimum atomic E-state index is -1.40. The minimum Gasteiger partial charge on any atom is -0.469 e. The summed E-state index contributed by atoms with van der Waals surface area (Å²) in [5.74, 6) is -1.08. The maximum atomic E-state index is 11.0. The molecule has 0 amide bonds. The van der Waals surface area contributed by atoms with E-state index in [0.717, 1.165) is 0 Å². The van der Waals surface area contributed by atoms with E-state index in [1.54, 1.807) is 6.92 Å². The van der Waals surface area contributed by atoms with Crippen molar-refractivity contribution in [2.75, 3.05) is 13.7 Å². The van der Waals surface area contributed by atoms with Gasteiger partial charge in [-0.2, -0.15) is 0 Å². The number of esters is 2. The lowest BCUT2D eigenvalue weighted by atomic mass is 9.98. The van der Waals surface area contributed by atoms with E-state index in [9.17, 15) is 14.7 Å². The molecular weight excluding hydrogens is 188 g/mol. The number of methoxy groups -OCH3 is 1. The van der Waals surface area contributed by atoms with E-state index in [1.807, 2.05) is 0 Å². The van der Waals surface area contributed by atoms with Crippen molar-refractivity contribution in [1.82, 2.24) is 0 Å². The Morgan fingerprint density at radius 2 is 1.79 bits per heavy atom. The lowest BCUT2D eigenvalue weighted by Crippen LogP contribution is -2.32. The Morgan fingerprint density at radius 3 is 2.21 bits per heavy atom. The van der Waals surface area contributed by atoms with E-state index in [1.165, 1.54) is 14.0 Å². The first-order chi connectivity index (χ1) is 6.41. The molecule has 0 spiro atoms. The largest absolute Gasteiger partial charge is 0.469 e. The molecule has 0 aromatic carbocycles. The van der Waals surface area contributed by atoms with Gasteiger partial charge in [0.05, 0.1) is 32.2 Å². The molecule has 82 valence electrons. The van der Waals surface area contributed by atoms with Crippen molar-refractivity contribution in [1.29, 1.82) is 0 Å². The lowest BCUT2D eigenvalue weighted by molar-refractivity contribution is -0.152. The highest BCUT2D eigenvalue weighted by Crippen LogP contribution is 2.15. The summed E-state index contributed by atoms with van der Waals surface area (Å²) >= 11 is 0. The van der Waals surface area contributed by atoms with Gasteiger partial charge in [-0.25, -0.2) is 0 Å². The number of carbonyl (C=O) groups is 2. The molecule has 0 aliphatic rings. The summed E-state index contributed by atoms with van der Waals surface area (Å²) in [6.45, 7) is 3.32. The van der Waals surface area contributed by atoms with E-state index in [2.05, 4.69) is 9.47 Å². The van der Waals surface area contributed by atoms with Gasteiger partial charge in [-0.1, -0.05) is 0 Å². The van der Waals surface area contributed by atoms with Gasteiger partial charge in [0.2, 0.25) is 0 Å². The zero-order chi connectivity index (χ0) is 11.2. The summed E-state index contributed by atoms with van der Waals surface area (Å²) in [6.07, 6.45) is -0.432. The van der Waals surface area contributed by atoms with Crippen LogP contribution in [0, 0.1) is 0 Å². The van der Waals surface area contributed by atoms with Gasteiger partial charge in [0.25, 0.3) is 0 Å². The number of carbonyl (C=O) groups excluding carboxylic acids is 2. The van der Waals surface area contributed by atoms with Crippen molar-refractivity contribution in [3.05, 3.63) is 0 Å². The van der Waals surface area contributed by atoms with Crippen LogP contribution in [0.3, 0.4) is 0 Å². The Kier molecular flexibility index (Phi) is 5.15. The molecule has 5 heteroatoms. The second-order valence-corrected chi connectivity index (χ2v) is 3.23. The van der Waals surface area contributed by atoms with Crippen LogP contribution in [-0.4, -0.2) is 36.4 Å². The summed E-state index contributed by atoms with van der Waals surface area (Å²) in [6, 6.07) is 0. The normalized spacial score (nSPS) is 14.3. The van der Waals surface area contributed by atoms with Crippen molar-refractivity contribution in [3.8, 4) is 0 Å². The molecule has 0 heterocycles. The molecule has 0 saturated heterocycles. The highest BCUT2D eigenvalue weighted by Gasteiger charge is 2.28. The fourth-order valence-electron chi connectivity index (χ4n) is 0.969. The van der Waals surface area contributed by atoms with Crippen molar-refractivity contribution in [2.45, 2.75) is 32.3 Å². The van der Waals surface area contributed by atoms with Crippen LogP contribution < -0.4 is 0 Å². The average Bonchev–Trinajstić information content (AvgIpc) is 2.02. The van der Waals surface area contributed by atoms with Crippen LogP contribution >= 0.6 is 0 Å². The van der Waals surface area contributed by atoms with E-state index in [-0.39, 0.29) is 19.4 Å². The SMILES string of the molecule is CCOC(=O)CC(C)(O)CC(=O)OC. The van der Waals surface area contributed by atoms with Gasteiger partial charge in [0.15, 0.2) is 0 Å². The zero-order valence-corrected chi connectivity index (χ0v) is 8.70. The molecule has 0 radical (unpaired) electrons. The summed E-state index contributed by atoms with van der Waals surface area (Å²) < 4.78 is 9.02. The Morgan fingerprint density at radius 1 is 1.29 bits per heavy atom. The quantitative estimate of drug-likeness (QED) is 0.650. The van der Waals surface area contributed by atoms with Crippen molar-refractivity contribution in [3.63, 3.8) is 0 Å². The third-order valence-corrected chi connectivity index (χ3v) is 1.58. The van der Waals surface area contributed by atoms with Crippen LogP contribution in [0.4, 0.5) is 0 Å². The van der Waals surface area contributed by atoms with E-state index >= 15 is 0 Å². The molecule has 0 rings (SSSR count). The molecule has 0 aromatic heterocycles. The lowest BCUT2D eigenvalue weighted by Gasteiger charge is -2.20. The molecular formula is C9H16O5. The van der Waals surface area contributed by atoms with Crippen LogP contribution in [-0.2, 0) is 19.1 Å². The standard InChI is InChI=1S/C9H16O5/c1-4-14-8(11)6-9(2,12)5-7(10)13-3/h12H,4-6H2,1-3H3. The maximum absolute atomic E-state index is 11.0. The van der Waals surface area contributed by atoms with Gasteiger partial charge in [-0.15, -0.1) is 0 Å². The monoisotopic (exact) mass is 204 g/mol. The molecule has 5 nitrogen and oxygen atoms in total. The fraction of sp³-hybridized carbons (Fsp3) is 0.778. The number of hydrogen-bond acceptors (Lipinski definition) is 5. The molecule has 0 saturated carbocycles. The topological polar surface area (TPSA) is 72.8 Å². The number of rotatable bonds is 5. The Balaban J connectivity index is 4.05. The molecule has 14 heavy (non-hydrogen) atoms. The van der Waals surface area contributed by atoms with E-state index < -0.39 is 17.5 Å². The summed E-state index contributed by atoms with van der Waals surface area (Å²) in [4.78, 5) is 21.8. The highest BCUT2D eigenvalue weighted by molar-refractivity contribution is 5.74. The molecule has 0 bridgehead atoms. The molecule has 0 aromatic rings. The van der Waals surface area contributed by atoms with Crippen molar-refractivity contribution >= 4 is 11.9 Å². The second-order valence-electron chi connectivity index (χ2n) is 3.23. The van der Waals surface area contributed by atoms with Crippen LogP contribution in [0.25, 0.3) is 0 Å². The van der Waals surface area contributed by atoms with Gasteiger partial charge in [-0.05, 0) is 13.8 Å².